The van der Waals surface area contributed by atoms with Crippen LogP contribution in [0.4, 0.5) is 5.69 Å². The first-order valence-electron chi connectivity index (χ1n) is 5.75. The van der Waals surface area contributed by atoms with Gasteiger partial charge in [0.2, 0.25) is 10.0 Å². The van der Waals surface area contributed by atoms with Crippen LogP contribution in [-0.4, -0.2) is 25.4 Å². The topological polar surface area (TPSA) is 115 Å². The van der Waals surface area contributed by atoms with Crippen LogP contribution in [-0.2, 0) is 10.0 Å². The molecule has 3 N–H and O–H groups in total. The van der Waals surface area contributed by atoms with Gasteiger partial charge in [-0.1, -0.05) is 12.1 Å². The van der Waals surface area contributed by atoms with Gasteiger partial charge in [-0.15, -0.1) is 0 Å². The number of hydrogen-bond donors (Lipinski definition) is 2. The Morgan fingerprint density at radius 1 is 1.37 bits per heavy atom. The van der Waals surface area contributed by atoms with Crippen molar-refractivity contribution in [2.75, 3.05) is 0 Å². The van der Waals surface area contributed by atoms with Crippen LogP contribution in [0.3, 0.4) is 0 Å². The highest BCUT2D eigenvalue weighted by molar-refractivity contribution is 7.89. The molecular formula is C11H17N3O4S. The second kappa shape index (κ2) is 6.09. The van der Waals surface area contributed by atoms with Gasteiger partial charge in [0.15, 0.2) is 4.90 Å². The zero-order chi connectivity index (χ0) is 14.6. The number of rotatable bonds is 6. The fourth-order valence-corrected chi connectivity index (χ4v) is 3.20. The number of nitrogens with zero attached hydrogens (tertiary/aromatic N) is 1. The Morgan fingerprint density at radius 2 is 1.95 bits per heavy atom. The fourth-order valence-electron chi connectivity index (χ4n) is 1.77. The van der Waals surface area contributed by atoms with Gasteiger partial charge in [-0.2, -0.15) is 0 Å². The van der Waals surface area contributed by atoms with Crippen molar-refractivity contribution in [3.63, 3.8) is 0 Å². The molecule has 1 rings (SSSR count). The second-order valence-corrected chi connectivity index (χ2v) is 6.14. The minimum Gasteiger partial charge on any atom is -0.328 e. The van der Waals surface area contributed by atoms with Crippen LogP contribution in [0.1, 0.15) is 20.3 Å². The van der Waals surface area contributed by atoms with Crippen LogP contribution >= 0.6 is 0 Å². The van der Waals surface area contributed by atoms with Crippen molar-refractivity contribution in [1.82, 2.24) is 4.72 Å². The van der Waals surface area contributed by atoms with E-state index in [0.29, 0.717) is 6.42 Å². The number of nitro groups is 1. The molecular weight excluding hydrogens is 270 g/mol. The zero-order valence-electron chi connectivity index (χ0n) is 10.7. The van der Waals surface area contributed by atoms with Crippen molar-refractivity contribution in [1.29, 1.82) is 0 Å². The summed E-state index contributed by atoms with van der Waals surface area (Å²) in [6.45, 7) is 3.42. The van der Waals surface area contributed by atoms with Crippen molar-refractivity contribution in [3.05, 3.63) is 34.4 Å². The van der Waals surface area contributed by atoms with Crippen LogP contribution in [0.5, 0.6) is 0 Å². The molecule has 0 aromatic heterocycles. The van der Waals surface area contributed by atoms with Gasteiger partial charge in [-0.25, -0.2) is 13.1 Å². The second-order valence-electron chi connectivity index (χ2n) is 4.46. The predicted octanol–water partition coefficient (Wildman–Crippen LogP) is 0.999. The van der Waals surface area contributed by atoms with E-state index in [4.69, 9.17) is 5.73 Å². The van der Waals surface area contributed by atoms with E-state index in [1.807, 2.05) is 0 Å². The van der Waals surface area contributed by atoms with E-state index in [1.54, 1.807) is 13.8 Å². The van der Waals surface area contributed by atoms with Crippen LogP contribution in [0.25, 0.3) is 0 Å². The lowest BCUT2D eigenvalue weighted by atomic mass is 10.1. The van der Waals surface area contributed by atoms with E-state index in [-0.39, 0.29) is 10.9 Å². The number of para-hydroxylation sites is 1. The third kappa shape index (κ3) is 4.27. The molecule has 0 bridgehead atoms. The third-order valence-electron chi connectivity index (χ3n) is 2.43. The number of benzene rings is 1. The highest BCUT2D eigenvalue weighted by Crippen LogP contribution is 2.23. The summed E-state index contributed by atoms with van der Waals surface area (Å²) in [5, 5.41) is 10.8. The molecule has 7 nitrogen and oxygen atoms in total. The van der Waals surface area contributed by atoms with Crippen LogP contribution in [0, 0.1) is 10.1 Å². The zero-order valence-corrected chi connectivity index (χ0v) is 11.6. The Hall–Kier alpha value is -1.51. The highest BCUT2D eigenvalue weighted by Gasteiger charge is 2.26. The normalized spacial score (nSPS) is 14.9. The van der Waals surface area contributed by atoms with Gasteiger partial charge in [0.05, 0.1) is 4.92 Å². The third-order valence-corrected chi connectivity index (χ3v) is 4.07. The van der Waals surface area contributed by atoms with E-state index < -0.39 is 26.7 Å². The number of hydrogen-bond acceptors (Lipinski definition) is 5. The van der Waals surface area contributed by atoms with Crippen molar-refractivity contribution in [2.24, 2.45) is 5.73 Å². The van der Waals surface area contributed by atoms with E-state index in [2.05, 4.69) is 4.72 Å². The average molecular weight is 287 g/mol. The van der Waals surface area contributed by atoms with Crippen LogP contribution < -0.4 is 10.5 Å². The maximum Gasteiger partial charge on any atom is 0.289 e. The first-order chi connectivity index (χ1) is 8.74. The monoisotopic (exact) mass is 287 g/mol. The summed E-state index contributed by atoms with van der Waals surface area (Å²) in [7, 11) is -3.93. The van der Waals surface area contributed by atoms with Crippen molar-refractivity contribution >= 4 is 15.7 Å². The maximum absolute atomic E-state index is 12.1. The Kier molecular flexibility index (Phi) is 4.98. The predicted molar refractivity (Wildman–Crippen MR) is 71.1 cm³/mol. The Bertz CT molecular complexity index is 557. The Labute approximate surface area is 112 Å². The summed E-state index contributed by atoms with van der Waals surface area (Å²) in [6, 6.07) is 4.66. The molecule has 0 heterocycles. The fraction of sp³-hybridized carbons (Fsp3) is 0.455. The lowest BCUT2D eigenvalue weighted by molar-refractivity contribution is -0.387. The van der Waals surface area contributed by atoms with E-state index in [1.165, 1.54) is 18.2 Å². The van der Waals surface area contributed by atoms with Gasteiger partial charge < -0.3 is 5.73 Å². The molecule has 0 spiro atoms. The highest BCUT2D eigenvalue weighted by atomic mass is 32.2. The molecule has 2 unspecified atom stereocenters. The summed E-state index contributed by atoms with van der Waals surface area (Å²) in [5.74, 6) is 0. The van der Waals surface area contributed by atoms with Gasteiger partial charge in [0.25, 0.3) is 5.69 Å². The SMILES string of the molecule is CC(N)CC(C)NS(=O)(=O)c1ccccc1[N+](=O)[O-]. The first-order valence-corrected chi connectivity index (χ1v) is 7.23. The van der Waals surface area contributed by atoms with Crippen molar-refractivity contribution < 1.29 is 13.3 Å². The quantitative estimate of drug-likeness (QED) is 0.598. The van der Waals surface area contributed by atoms with E-state index in [9.17, 15) is 18.5 Å². The molecule has 0 saturated carbocycles. The molecule has 19 heavy (non-hydrogen) atoms. The molecule has 0 aliphatic heterocycles. The molecule has 106 valence electrons. The minimum atomic E-state index is -3.93. The smallest absolute Gasteiger partial charge is 0.289 e. The molecule has 0 aliphatic rings. The number of sulfonamides is 1. The van der Waals surface area contributed by atoms with Gasteiger partial charge >= 0.3 is 0 Å². The largest absolute Gasteiger partial charge is 0.328 e. The summed E-state index contributed by atoms with van der Waals surface area (Å²) in [4.78, 5) is 9.77. The van der Waals surface area contributed by atoms with Gasteiger partial charge in [-0.05, 0) is 26.3 Å². The summed E-state index contributed by atoms with van der Waals surface area (Å²) in [6.07, 6.45) is 0.444. The lowest BCUT2D eigenvalue weighted by Crippen LogP contribution is -2.36. The molecule has 0 amide bonds. The standard InChI is InChI=1S/C11H17N3O4S/c1-8(12)7-9(2)13-19(17,18)11-6-4-3-5-10(11)14(15)16/h3-6,8-9,13H,7,12H2,1-2H3. The maximum atomic E-state index is 12.1. The van der Waals surface area contributed by atoms with E-state index in [0.717, 1.165) is 6.07 Å². The lowest BCUT2D eigenvalue weighted by Gasteiger charge is -2.16. The van der Waals surface area contributed by atoms with Crippen LogP contribution in [0.2, 0.25) is 0 Å². The molecule has 0 radical (unpaired) electrons. The summed E-state index contributed by atoms with van der Waals surface area (Å²) < 4.78 is 26.6. The molecule has 0 saturated heterocycles. The van der Waals surface area contributed by atoms with Gasteiger partial charge in [0, 0.05) is 18.2 Å². The summed E-state index contributed by atoms with van der Waals surface area (Å²) >= 11 is 0. The van der Waals surface area contributed by atoms with Gasteiger partial charge in [-0.3, -0.25) is 10.1 Å². The van der Waals surface area contributed by atoms with E-state index >= 15 is 0 Å². The molecule has 0 fully saturated rings. The number of nitrogens with two attached hydrogens (primary N) is 1. The average Bonchev–Trinajstić information content (AvgIpc) is 2.26. The Balaban J connectivity index is 3.04. The molecule has 1 aromatic carbocycles. The molecule has 8 heteroatoms. The Morgan fingerprint density at radius 3 is 2.47 bits per heavy atom. The number of nitro benzene ring substituents is 1. The molecule has 2 atom stereocenters. The first kappa shape index (κ1) is 15.5. The number of nitrogens with one attached hydrogen (secondary N) is 1. The molecule has 1 aromatic rings. The minimum absolute atomic E-state index is 0.163. The van der Waals surface area contributed by atoms with Crippen molar-refractivity contribution in [3.8, 4) is 0 Å². The van der Waals surface area contributed by atoms with Gasteiger partial charge in [0.1, 0.15) is 0 Å². The molecule has 0 aliphatic carbocycles. The van der Waals surface area contributed by atoms with Crippen LogP contribution in [0.15, 0.2) is 29.2 Å². The summed E-state index contributed by atoms with van der Waals surface area (Å²) in [5.41, 5.74) is 5.14. The van der Waals surface area contributed by atoms with Crippen molar-refractivity contribution in [2.45, 2.75) is 37.2 Å².